The molecule has 0 spiro atoms. The molecular formula is C25H34ClN5S. The smallest absolute Gasteiger partial charge is 0.231 e. The molecule has 0 unspecified atom stereocenters. The molecule has 5 nitrogen and oxygen atoms in total. The number of hydrogen-bond acceptors (Lipinski definition) is 4. The van der Waals surface area contributed by atoms with Crippen LogP contribution in [0.25, 0.3) is 0 Å². The van der Waals surface area contributed by atoms with Gasteiger partial charge in [0.1, 0.15) is 5.82 Å². The van der Waals surface area contributed by atoms with Gasteiger partial charge in [0.15, 0.2) is 5.11 Å². The molecule has 0 amide bonds. The van der Waals surface area contributed by atoms with E-state index in [9.17, 15) is 0 Å². The number of aromatic nitrogens is 2. The van der Waals surface area contributed by atoms with E-state index in [1.807, 2.05) is 19.1 Å². The Kier molecular flexibility index (Phi) is 7.51. The highest BCUT2D eigenvalue weighted by atomic mass is 35.5. The van der Waals surface area contributed by atoms with E-state index >= 15 is 0 Å². The third kappa shape index (κ3) is 5.52. The number of nitrogens with one attached hydrogen (secondary N) is 2. The summed E-state index contributed by atoms with van der Waals surface area (Å²) in [5.74, 6) is 1.55. The van der Waals surface area contributed by atoms with E-state index < -0.39 is 0 Å². The zero-order valence-corrected chi connectivity index (χ0v) is 20.7. The molecule has 2 fully saturated rings. The van der Waals surface area contributed by atoms with Gasteiger partial charge < -0.3 is 15.5 Å². The Morgan fingerprint density at radius 1 is 1.16 bits per heavy atom. The van der Waals surface area contributed by atoms with Crippen molar-refractivity contribution in [2.75, 3.05) is 23.3 Å². The summed E-state index contributed by atoms with van der Waals surface area (Å²) in [4.78, 5) is 11.8. The van der Waals surface area contributed by atoms with Crippen LogP contribution < -0.4 is 15.5 Å². The first-order chi connectivity index (χ1) is 15.4. The van der Waals surface area contributed by atoms with Gasteiger partial charge in [-0.05, 0) is 75.9 Å². The van der Waals surface area contributed by atoms with Crippen LogP contribution in [-0.4, -0.2) is 34.2 Å². The Labute approximate surface area is 202 Å². The Bertz CT molecular complexity index is 944. The molecule has 1 aliphatic heterocycles. The zero-order chi connectivity index (χ0) is 22.6. The molecule has 1 aliphatic carbocycles. The largest absolute Gasteiger partial charge is 0.361 e. The van der Waals surface area contributed by atoms with Gasteiger partial charge in [0.05, 0.1) is 0 Å². The van der Waals surface area contributed by atoms with E-state index in [4.69, 9.17) is 28.8 Å². The molecule has 1 saturated carbocycles. The minimum absolute atomic E-state index is 0.0523. The van der Waals surface area contributed by atoms with Gasteiger partial charge in [-0.3, -0.25) is 0 Å². The second-order valence-corrected chi connectivity index (χ2v) is 10.2. The molecule has 0 bridgehead atoms. The van der Waals surface area contributed by atoms with E-state index in [0.717, 1.165) is 42.5 Å². The molecule has 2 N–H and O–H groups in total. The summed E-state index contributed by atoms with van der Waals surface area (Å²) in [6.45, 7) is 6.11. The summed E-state index contributed by atoms with van der Waals surface area (Å²) >= 11 is 12.0. The Balaban J connectivity index is 1.45. The van der Waals surface area contributed by atoms with Crippen LogP contribution in [0.15, 0.2) is 30.3 Å². The monoisotopic (exact) mass is 471 g/mol. The average Bonchev–Trinajstić information content (AvgIpc) is 2.78. The number of halogens is 1. The van der Waals surface area contributed by atoms with E-state index in [2.05, 4.69) is 45.6 Å². The first-order valence-electron chi connectivity index (χ1n) is 11.9. The van der Waals surface area contributed by atoms with Crippen molar-refractivity contribution >= 4 is 40.7 Å². The van der Waals surface area contributed by atoms with E-state index in [1.54, 1.807) is 0 Å². The van der Waals surface area contributed by atoms with Gasteiger partial charge in [0.2, 0.25) is 5.95 Å². The summed E-state index contributed by atoms with van der Waals surface area (Å²) in [5.41, 5.74) is 2.30. The summed E-state index contributed by atoms with van der Waals surface area (Å²) < 4.78 is 0. The lowest BCUT2D eigenvalue weighted by Gasteiger charge is -2.38. The molecule has 172 valence electrons. The van der Waals surface area contributed by atoms with Gasteiger partial charge >= 0.3 is 0 Å². The van der Waals surface area contributed by atoms with Gasteiger partial charge in [-0.2, -0.15) is 4.98 Å². The fourth-order valence-corrected chi connectivity index (χ4v) is 5.56. The fourth-order valence-electron chi connectivity index (χ4n) is 5.20. The summed E-state index contributed by atoms with van der Waals surface area (Å²) in [5, 5.41) is 8.07. The van der Waals surface area contributed by atoms with Crippen LogP contribution in [0.3, 0.4) is 0 Å². The molecule has 2 heterocycles. The SMILES string of the molecule is Cc1cc(N2CCCC[C@@H]2C)nc(NC(=S)NCC2(c3cccc(Cl)c3)CCCCC2)n1. The van der Waals surface area contributed by atoms with Crippen LogP contribution in [0.2, 0.25) is 5.02 Å². The Hall–Kier alpha value is -1.92. The predicted octanol–water partition coefficient (Wildman–Crippen LogP) is 6.01. The summed E-state index contributed by atoms with van der Waals surface area (Å²) in [6.07, 6.45) is 9.73. The van der Waals surface area contributed by atoms with Gasteiger partial charge in [0, 0.05) is 41.3 Å². The first kappa shape index (κ1) is 23.2. The molecule has 7 heteroatoms. The van der Waals surface area contributed by atoms with Gasteiger partial charge in [-0.1, -0.05) is 43.0 Å². The van der Waals surface area contributed by atoms with Crippen molar-refractivity contribution in [3.63, 3.8) is 0 Å². The van der Waals surface area contributed by atoms with Crippen molar-refractivity contribution in [3.05, 3.63) is 46.6 Å². The van der Waals surface area contributed by atoms with Crippen molar-refractivity contribution < 1.29 is 0 Å². The highest BCUT2D eigenvalue weighted by molar-refractivity contribution is 7.80. The maximum atomic E-state index is 6.32. The molecule has 1 aromatic heterocycles. The summed E-state index contributed by atoms with van der Waals surface area (Å²) in [6, 6.07) is 10.9. The molecule has 1 saturated heterocycles. The maximum Gasteiger partial charge on any atom is 0.231 e. The van der Waals surface area contributed by atoms with Crippen LogP contribution in [-0.2, 0) is 5.41 Å². The van der Waals surface area contributed by atoms with Crippen LogP contribution in [0, 0.1) is 6.92 Å². The molecule has 4 rings (SSSR count). The number of anilines is 2. The number of nitrogens with zero attached hydrogens (tertiary/aromatic N) is 3. The average molecular weight is 472 g/mol. The molecular weight excluding hydrogens is 438 g/mol. The second kappa shape index (κ2) is 10.3. The van der Waals surface area contributed by atoms with Crippen LogP contribution in [0.4, 0.5) is 11.8 Å². The van der Waals surface area contributed by atoms with Crippen molar-refractivity contribution in [2.45, 2.75) is 76.7 Å². The number of aryl methyl sites for hydroxylation is 1. The minimum atomic E-state index is 0.0523. The van der Waals surface area contributed by atoms with E-state index in [0.29, 0.717) is 17.1 Å². The number of rotatable bonds is 5. The van der Waals surface area contributed by atoms with Crippen molar-refractivity contribution in [1.82, 2.24) is 15.3 Å². The quantitative estimate of drug-likeness (QED) is 0.521. The molecule has 2 aliphatic rings. The molecule has 1 aromatic carbocycles. The third-order valence-corrected chi connectivity index (χ3v) is 7.48. The Morgan fingerprint density at radius 3 is 2.72 bits per heavy atom. The number of hydrogen-bond donors (Lipinski definition) is 2. The van der Waals surface area contributed by atoms with Crippen molar-refractivity contribution in [2.24, 2.45) is 0 Å². The van der Waals surface area contributed by atoms with Gasteiger partial charge in [0.25, 0.3) is 0 Å². The fraction of sp³-hybridized carbons (Fsp3) is 0.560. The van der Waals surface area contributed by atoms with Crippen LogP contribution >= 0.6 is 23.8 Å². The standard InChI is InChI=1S/C25H34ClN5S/c1-18-15-22(31-14-7-4-9-19(31)2)29-23(28-18)30-24(32)27-17-25(12-5-3-6-13-25)20-10-8-11-21(26)16-20/h8,10-11,15-16,19H,3-7,9,12-14,17H2,1-2H3,(H2,27,28,29,30,32)/t19-/m0/s1. The maximum absolute atomic E-state index is 6.32. The lowest BCUT2D eigenvalue weighted by molar-refractivity contribution is 0.292. The topological polar surface area (TPSA) is 53.1 Å². The lowest BCUT2D eigenvalue weighted by atomic mass is 9.69. The van der Waals surface area contributed by atoms with E-state index in [-0.39, 0.29) is 5.41 Å². The van der Waals surface area contributed by atoms with Crippen molar-refractivity contribution in [3.8, 4) is 0 Å². The molecule has 2 aromatic rings. The zero-order valence-electron chi connectivity index (χ0n) is 19.2. The van der Waals surface area contributed by atoms with Gasteiger partial charge in [-0.25, -0.2) is 4.98 Å². The second-order valence-electron chi connectivity index (χ2n) is 9.39. The highest BCUT2D eigenvalue weighted by Gasteiger charge is 2.34. The number of piperidine rings is 1. The molecule has 1 atom stereocenters. The van der Waals surface area contributed by atoms with Crippen LogP contribution in [0.5, 0.6) is 0 Å². The third-order valence-electron chi connectivity index (χ3n) is 7.00. The first-order valence-corrected chi connectivity index (χ1v) is 12.7. The minimum Gasteiger partial charge on any atom is -0.361 e. The Morgan fingerprint density at radius 2 is 1.97 bits per heavy atom. The normalized spacial score (nSPS) is 20.6. The van der Waals surface area contributed by atoms with Gasteiger partial charge in [-0.15, -0.1) is 0 Å². The molecule has 0 radical (unpaired) electrons. The summed E-state index contributed by atoms with van der Waals surface area (Å²) in [7, 11) is 0. The molecule has 32 heavy (non-hydrogen) atoms. The predicted molar refractivity (Wildman–Crippen MR) is 138 cm³/mol. The number of benzene rings is 1. The van der Waals surface area contributed by atoms with Crippen LogP contribution in [0.1, 0.15) is 69.5 Å². The lowest BCUT2D eigenvalue weighted by Crippen LogP contribution is -2.43. The van der Waals surface area contributed by atoms with Crippen molar-refractivity contribution in [1.29, 1.82) is 0 Å². The number of thiocarbonyl (C=S) groups is 1. The van der Waals surface area contributed by atoms with E-state index in [1.165, 1.54) is 44.1 Å². The highest BCUT2D eigenvalue weighted by Crippen LogP contribution is 2.39.